The fraction of sp³-hybridized carbons (Fsp3) is 0.500. The molecule has 4 aliphatic heterocycles. The van der Waals surface area contributed by atoms with E-state index in [0.29, 0.717) is 48.9 Å². The number of fused-ring (bicyclic) bond motifs is 2. The van der Waals surface area contributed by atoms with Gasteiger partial charge in [-0.05, 0) is 55.9 Å². The maximum atomic E-state index is 12.2. The second-order valence-electron chi connectivity index (χ2n) is 17.4. The molecule has 4 aromatic rings. The molecule has 4 unspecified atom stereocenters. The van der Waals surface area contributed by atoms with Crippen molar-refractivity contribution in [1.29, 1.82) is 0 Å². The summed E-state index contributed by atoms with van der Waals surface area (Å²) in [5, 5.41) is 24.1. The number of aromatic nitrogens is 4. The third kappa shape index (κ3) is 9.07. The van der Waals surface area contributed by atoms with Gasteiger partial charge in [0, 0.05) is 14.1 Å². The van der Waals surface area contributed by atoms with E-state index in [4.69, 9.17) is 24.0 Å². The fourth-order valence-electron chi connectivity index (χ4n) is 8.42. The molecule has 2 aromatic carbocycles. The molecule has 8 rings (SSSR count). The van der Waals surface area contributed by atoms with Crippen LogP contribution in [0.2, 0.25) is 5.04 Å². The molecule has 0 bridgehead atoms. The first-order valence-corrected chi connectivity index (χ1v) is 23.0. The van der Waals surface area contributed by atoms with Crippen molar-refractivity contribution in [3.05, 3.63) is 72.1 Å². The van der Waals surface area contributed by atoms with Crippen LogP contribution >= 0.6 is 0 Å². The van der Waals surface area contributed by atoms with Gasteiger partial charge in [-0.3, -0.25) is 9.59 Å². The lowest BCUT2D eigenvalue weighted by Gasteiger charge is -2.43. The summed E-state index contributed by atoms with van der Waals surface area (Å²) in [5.74, 6) is 2.38. The summed E-state index contributed by atoms with van der Waals surface area (Å²) in [5.41, 5.74) is 2.79. The number of hydrogen-bond acceptors (Lipinski definition) is 14. The van der Waals surface area contributed by atoms with Gasteiger partial charge in [-0.1, -0.05) is 81.4 Å². The van der Waals surface area contributed by atoms with E-state index in [1.54, 1.807) is 0 Å². The number of ether oxygens (including phenoxy) is 2. The van der Waals surface area contributed by atoms with E-state index in [-0.39, 0.29) is 59.8 Å². The van der Waals surface area contributed by atoms with Crippen molar-refractivity contribution in [3.8, 4) is 0 Å². The number of aliphatic hydroxyl groups excluding tert-OH is 1. The lowest BCUT2D eigenvalue weighted by Crippen LogP contribution is -2.67. The Morgan fingerprint density at radius 3 is 1.57 bits per heavy atom. The van der Waals surface area contributed by atoms with Crippen molar-refractivity contribution in [1.82, 2.24) is 19.9 Å². The predicted octanol–water partition coefficient (Wildman–Crippen LogP) is 3.83. The number of amides is 2. The highest BCUT2D eigenvalue weighted by Gasteiger charge is 2.50. The van der Waals surface area contributed by atoms with Crippen LogP contribution in [0.4, 0.5) is 34.9 Å². The topological polar surface area (TPSA) is 188 Å². The Hall–Kier alpha value is -5.20. The van der Waals surface area contributed by atoms with Crippen molar-refractivity contribution in [2.24, 2.45) is 0 Å². The first-order valence-electron chi connectivity index (χ1n) is 21.1. The second kappa shape index (κ2) is 18.0. The van der Waals surface area contributed by atoms with E-state index in [1.807, 2.05) is 51.6 Å². The molecule has 326 valence electrons. The van der Waals surface area contributed by atoms with Crippen LogP contribution in [0, 0.1) is 13.8 Å². The Morgan fingerprint density at radius 1 is 0.738 bits per heavy atom. The Balaban J connectivity index is 0.000000215. The van der Waals surface area contributed by atoms with Gasteiger partial charge < -0.3 is 50.1 Å². The third-order valence-corrected chi connectivity index (χ3v) is 17.2. The molecular formula is C44H60N10O6Si. The van der Waals surface area contributed by atoms with Crippen molar-refractivity contribution in [2.45, 2.75) is 103 Å². The van der Waals surface area contributed by atoms with Crippen LogP contribution in [0.15, 0.2) is 60.7 Å². The minimum Gasteiger partial charge on any atom is -0.405 e. The van der Waals surface area contributed by atoms with Gasteiger partial charge in [0.1, 0.15) is 23.5 Å². The Kier molecular flexibility index (Phi) is 13.0. The lowest BCUT2D eigenvalue weighted by molar-refractivity contribution is -0.118. The average Bonchev–Trinajstić information content (AvgIpc) is 3.90. The van der Waals surface area contributed by atoms with Gasteiger partial charge in [0.25, 0.3) is 8.32 Å². The molecule has 5 N–H and O–H groups in total. The monoisotopic (exact) mass is 852 g/mol. The molecule has 6 heterocycles. The first-order chi connectivity index (χ1) is 29.1. The Morgan fingerprint density at radius 2 is 1.16 bits per heavy atom. The minimum atomic E-state index is -2.62. The number of aryl methyl sites for hydroxylation is 2. The number of anilines is 6. The summed E-state index contributed by atoms with van der Waals surface area (Å²) >= 11 is 0. The number of benzene rings is 2. The van der Waals surface area contributed by atoms with E-state index < -0.39 is 8.32 Å². The highest BCUT2D eigenvalue weighted by atomic mass is 28.4. The van der Waals surface area contributed by atoms with Crippen LogP contribution in [0.5, 0.6) is 0 Å². The fourth-order valence-corrected chi connectivity index (χ4v) is 13.0. The van der Waals surface area contributed by atoms with E-state index in [9.17, 15) is 9.59 Å². The predicted molar refractivity (Wildman–Crippen MR) is 241 cm³/mol. The normalized spacial score (nSPS) is 23.6. The molecule has 4 aliphatic rings. The van der Waals surface area contributed by atoms with E-state index in [0.717, 1.165) is 30.0 Å². The van der Waals surface area contributed by atoms with Crippen LogP contribution < -0.4 is 41.4 Å². The third-order valence-electron chi connectivity index (χ3n) is 12.2. The number of nitrogens with one attached hydrogen (secondary N) is 4. The maximum absolute atomic E-state index is 12.2. The van der Waals surface area contributed by atoms with E-state index >= 15 is 0 Å². The van der Waals surface area contributed by atoms with Gasteiger partial charge in [0.2, 0.25) is 23.7 Å². The van der Waals surface area contributed by atoms with Crippen molar-refractivity contribution in [2.75, 3.05) is 71.6 Å². The SMILES string of the molecule is Cc1nc(NC2COC(CO)C2)nc2c1NC(=O)[C@H](C)N2C.Cc1nc(NC2COC(CO[Si](c3ccccc3)(c3ccccc3)C(C)(C)C)C2)nc2c1NC(=O)[C@H](C)N2C. The number of hydrogen-bond donors (Lipinski definition) is 5. The zero-order valence-corrected chi connectivity index (χ0v) is 37.7. The maximum Gasteiger partial charge on any atom is 0.261 e. The molecule has 17 heteroatoms. The Bertz CT molecular complexity index is 2160. The zero-order valence-electron chi connectivity index (χ0n) is 36.7. The molecule has 0 saturated carbocycles. The van der Waals surface area contributed by atoms with E-state index in [2.05, 4.69) is 118 Å². The standard InChI is InChI=1S/C30H39N5O3Si.C14H21N5O3/c1-20-26-27(35(6)21(2)28(36)33-26)34-29(31-20)32-22-17-23(37-18-22)19-38-39(30(3,4)5,24-13-9-7-10-14-24)25-15-11-8-12-16-25;1-7-11-12(19(3)8(2)13(21)17-11)18-14(15-7)16-9-4-10(5-20)22-6-9/h7-16,21-23H,17-19H2,1-6H3,(H,33,36)(H,31,32,34);8-10,20H,4-6H2,1-3H3,(H,17,21)(H,15,16,18)/t21-,22?,23?;8-,9?,10?/m00/s1. The van der Waals surface area contributed by atoms with Crippen molar-refractivity contribution >= 4 is 65.4 Å². The molecule has 61 heavy (non-hydrogen) atoms. The summed E-state index contributed by atoms with van der Waals surface area (Å²) in [4.78, 5) is 46.2. The average molecular weight is 853 g/mol. The number of likely N-dealkylation sites (N-methyl/N-ethyl adjacent to an activating group) is 2. The highest BCUT2D eigenvalue weighted by molar-refractivity contribution is 6.99. The molecule has 0 radical (unpaired) electrons. The molecule has 0 spiro atoms. The summed E-state index contributed by atoms with van der Waals surface area (Å²) in [7, 11) is 1.11. The lowest BCUT2D eigenvalue weighted by atomic mass is 10.1. The van der Waals surface area contributed by atoms with Crippen LogP contribution in [0.25, 0.3) is 0 Å². The van der Waals surface area contributed by atoms with Crippen LogP contribution in [-0.2, 0) is 23.5 Å². The molecular weight excluding hydrogens is 793 g/mol. The largest absolute Gasteiger partial charge is 0.405 e. The number of carbonyl (C=O) groups excluding carboxylic acids is 2. The summed E-state index contributed by atoms with van der Waals surface area (Å²) in [6.07, 6.45) is 1.35. The number of carbonyl (C=O) groups is 2. The van der Waals surface area contributed by atoms with Crippen LogP contribution in [-0.4, -0.2) is 122 Å². The highest BCUT2D eigenvalue weighted by Crippen LogP contribution is 2.38. The summed E-state index contributed by atoms with van der Waals surface area (Å²) < 4.78 is 18.8. The van der Waals surface area contributed by atoms with Gasteiger partial charge in [0.05, 0.1) is 62.1 Å². The molecule has 0 aliphatic carbocycles. The van der Waals surface area contributed by atoms with Crippen LogP contribution in [0.1, 0.15) is 58.8 Å². The molecule has 16 nitrogen and oxygen atoms in total. The quantitative estimate of drug-likeness (QED) is 0.145. The van der Waals surface area contributed by atoms with Gasteiger partial charge in [0.15, 0.2) is 11.6 Å². The summed E-state index contributed by atoms with van der Waals surface area (Å²) in [6, 6.07) is 20.9. The van der Waals surface area contributed by atoms with Gasteiger partial charge >= 0.3 is 0 Å². The van der Waals surface area contributed by atoms with Crippen LogP contribution in [0.3, 0.4) is 0 Å². The number of rotatable bonds is 10. The molecule has 6 atom stereocenters. The van der Waals surface area contributed by atoms with Gasteiger partial charge in [-0.2, -0.15) is 9.97 Å². The molecule has 2 amide bonds. The van der Waals surface area contributed by atoms with Crippen molar-refractivity contribution < 1.29 is 28.6 Å². The molecule has 2 fully saturated rings. The Labute approximate surface area is 359 Å². The zero-order chi connectivity index (χ0) is 43.6. The van der Waals surface area contributed by atoms with Gasteiger partial charge in [-0.25, -0.2) is 9.97 Å². The number of nitrogens with zero attached hydrogens (tertiary/aromatic N) is 6. The van der Waals surface area contributed by atoms with Crippen molar-refractivity contribution in [3.63, 3.8) is 0 Å². The molecule has 2 saturated heterocycles. The smallest absolute Gasteiger partial charge is 0.261 e. The molecule has 2 aromatic heterocycles. The summed E-state index contributed by atoms with van der Waals surface area (Å²) in [6.45, 7) is 15.9. The number of aliphatic hydroxyl groups is 1. The second-order valence-corrected chi connectivity index (χ2v) is 21.7. The van der Waals surface area contributed by atoms with E-state index in [1.165, 1.54) is 10.4 Å². The minimum absolute atomic E-state index is 0.0224. The van der Waals surface area contributed by atoms with Gasteiger partial charge in [-0.15, -0.1) is 0 Å². The first kappa shape index (κ1) is 43.9.